The second-order valence-electron chi connectivity index (χ2n) is 5.91. The summed E-state index contributed by atoms with van der Waals surface area (Å²) in [5, 5.41) is 8.02. The highest BCUT2D eigenvalue weighted by Crippen LogP contribution is 2.21. The van der Waals surface area contributed by atoms with Crippen LogP contribution in [0.2, 0.25) is 0 Å². The van der Waals surface area contributed by atoms with Crippen LogP contribution in [0.4, 0.5) is 0 Å². The van der Waals surface area contributed by atoms with Crippen LogP contribution < -0.4 is 4.72 Å². The highest BCUT2D eigenvalue weighted by Gasteiger charge is 2.20. The Hall–Kier alpha value is -2.58. The van der Waals surface area contributed by atoms with Gasteiger partial charge < -0.3 is 0 Å². The Morgan fingerprint density at radius 2 is 1.72 bits per heavy atom. The summed E-state index contributed by atoms with van der Waals surface area (Å²) in [5.74, 6) is 0. The van der Waals surface area contributed by atoms with Crippen molar-refractivity contribution < 1.29 is 8.42 Å². The predicted octanol–water partition coefficient (Wildman–Crippen LogP) is 2.07. The summed E-state index contributed by atoms with van der Waals surface area (Å²) >= 11 is 0. The average Bonchev–Trinajstić information content (AvgIpc) is 3.02. The lowest BCUT2D eigenvalue weighted by Gasteiger charge is -2.12. The molecule has 1 aromatic carbocycles. The quantitative estimate of drug-likeness (QED) is 0.755. The molecule has 0 saturated carbocycles. The average molecular weight is 357 g/mol. The molecule has 0 amide bonds. The number of aromatic nitrogens is 4. The van der Waals surface area contributed by atoms with E-state index in [4.69, 9.17) is 0 Å². The molecule has 0 saturated heterocycles. The third-order valence-corrected chi connectivity index (χ3v) is 5.49. The van der Waals surface area contributed by atoms with E-state index in [-0.39, 0.29) is 6.54 Å². The van der Waals surface area contributed by atoms with Gasteiger partial charge in [0.1, 0.15) is 0 Å². The van der Waals surface area contributed by atoms with E-state index in [9.17, 15) is 8.42 Å². The number of pyridine rings is 1. The van der Waals surface area contributed by atoms with Crippen molar-refractivity contribution in [3.63, 3.8) is 0 Å². The molecule has 0 aliphatic carbocycles. The molecule has 2 aromatic heterocycles. The molecular formula is C17H19N5O2S. The molecule has 2 heterocycles. The minimum atomic E-state index is -3.63. The van der Waals surface area contributed by atoms with Gasteiger partial charge in [-0.25, -0.2) is 17.8 Å². The number of benzene rings is 1. The molecule has 0 spiro atoms. The Morgan fingerprint density at radius 1 is 1.08 bits per heavy atom. The molecule has 0 bridgehead atoms. The number of hydrogen-bond acceptors (Lipinski definition) is 5. The van der Waals surface area contributed by atoms with Gasteiger partial charge in [0.2, 0.25) is 10.0 Å². The van der Waals surface area contributed by atoms with E-state index in [1.807, 2.05) is 19.1 Å². The summed E-state index contributed by atoms with van der Waals surface area (Å²) in [4.78, 5) is 4.27. The zero-order valence-corrected chi connectivity index (χ0v) is 15.1. The number of aryl methyl sites for hydroxylation is 3. The van der Waals surface area contributed by atoms with Gasteiger partial charge in [0.15, 0.2) is 0 Å². The fourth-order valence-electron chi connectivity index (χ4n) is 2.83. The van der Waals surface area contributed by atoms with E-state index < -0.39 is 10.0 Å². The maximum Gasteiger partial charge on any atom is 0.241 e. The molecule has 3 aromatic rings. The number of nitrogens with zero attached hydrogens (tertiary/aromatic N) is 4. The van der Waals surface area contributed by atoms with Crippen molar-refractivity contribution in [1.82, 2.24) is 24.7 Å². The Morgan fingerprint density at radius 3 is 2.36 bits per heavy atom. The third-order valence-electron chi connectivity index (χ3n) is 3.78. The zero-order valence-electron chi connectivity index (χ0n) is 14.3. The lowest BCUT2D eigenvalue weighted by Crippen LogP contribution is -2.25. The van der Waals surface area contributed by atoms with Gasteiger partial charge in [0.25, 0.3) is 0 Å². The molecule has 0 aliphatic rings. The fourth-order valence-corrected chi connectivity index (χ4v) is 4.28. The fraction of sp³-hybridized carbons (Fsp3) is 0.235. The van der Waals surface area contributed by atoms with Gasteiger partial charge in [-0.05, 0) is 44.0 Å². The van der Waals surface area contributed by atoms with Crippen LogP contribution in [-0.4, -0.2) is 28.4 Å². The molecule has 1 N–H and O–H groups in total. The van der Waals surface area contributed by atoms with Crippen molar-refractivity contribution >= 4 is 10.0 Å². The molecule has 0 atom stereocenters. The lowest BCUT2D eigenvalue weighted by atomic mass is 10.1. The first-order valence-electron chi connectivity index (χ1n) is 7.76. The maximum absolute atomic E-state index is 12.7. The normalized spacial score (nSPS) is 11.6. The van der Waals surface area contributed by atoms with Gasteiger partial charge in [-0.2, -0.15) is 0 Å². The Kier molecular flexibility index (Phi) is 4.65. The first-order valence-corrected chi connectivity index (χ1v) is 9.24. The summed E-state index contributed by atoms with van der Waals surface area (Å²) < 4.78 is 29.5. The molecule has 0 aliphatic heterocycles. The summed E-state index contributed by atoms with van der Waals surface area (Å²) in [6.07, 6.45) is 5.00. The standard InChI is InChI=1S/C17H19N5O2S/c1-12-8-13(2)17(14(3)9-12)25(23,24)19-10-15-11-22(21-20-15)16-4-6-18-7-5-16/h4-9,11,19H,10H2,1-3H3. The van der Waals surface area contributed by atoms with Crippen LogP contribution in [0, 0.1) is 20.8 Å². The van der Waals surface area contributed by atoms with Gasteiger partial charge in [0.05, 0.1) is 29.0 Å². The van der Waals surface area contributed by atoms with Crippen LogP contribution in [0.1, 0.15) is 22.4 Å². The predicted molar refractivity (Wildman–Crippen MR) is 93.8 cm³/mol. The van der Waals surface area contributed by atoms with Crippen LogP contribution in [-0.2, 0) is 16.6 Å². The lowest BCUT2D eigenvalue weighted by molar-refractivity contribution is 0.579. The van der Waals surface area contributed by atoms with Crippen molar-refractivity contribution in [3.05, 3.63) is 65.2 Å². The number of rotatable bonds is 5. The smallest absolute Gasteiger partial charge is 0.241 e. The molecule has 7 nitrogen and oxygen atoms in total. The van der Waals surface area contributed by atoms with E-state index >= 15 is 0 Å². The van der Waals surface area contributed by atoms with Gasteiger partial charge in [-0.1, -0.05) is 22.9 Å². The van der Waals surface area contributed by atoms with Crippen LogP contribution in [0.25, 0.3) is 5.69 Å². The third kappa shape index (κ3) is 3.75. The van der Waals surface area contributed by atoms with Crippen molar-refractivity contribution in [3.8, 4) is 5.69 Å². The van der Waals surface area contributed by atoms with E-state index in [2.05, 4.69) is 20.0 Å². The molecule has 8 heteroatoms. The van der Waals surface area contributed by atoms with Gasteiger partial charge in [-0.15, -0.1) is 5.10 Å². The second kappa shape index (κ2) is 6.73. The van der Waals surface area contributed by atoms with Crippen LogP contribution >= 0.6 is 0 Å². The molecule has 0 fully saturated rings. The maximum atomic E-state index is 12.7. The summed E-state index contributed by atoms with van der Waals surface area (Å²) in [5.41, 5.74) is 3.83. The van der Waals surface area contributed by atoms with Crippen LogP contribution in [0.5, 0.6) is 0 Å². The molecule has 25 heavy (non-hydrogen) atoms. The molecule has 0 radical (unpaired) electrons. The van der Waals surface area contributed by atoms with Crippen molar-refractivity contribution in [2.75, 3.05) is 0 Å². The largest absolute Gasteiger partial charge is 0.265 e. The minimum Gasteiger partial charge on any atom is -0.265 e. The number of sulfonamides is 1. The highest BCUT2D eigenvalue weighted by atomic mass is 32.2. The summed E-state index contributed by atoms with van der Waals surface area (Å²) in [7, 11) is -3.63. The Balaban J connectivity index is 1.79. The van der Waals surface area contributed by atoms with Gasteiger partial charge >= 0.3 is 0 Å². The molecule has 0 unspecified atom stereocenters. The first-order chi connectivity index (χ1) is 11.9. The number of nitrogens with one attached hydrogen (secondary N) is 1. The SMILES string of the molecule is Cc1cc(C)c(S(=O)(=O)NCc2cn(-c3ccncc3)nn2)c(C)c1. The molecular weight excluding hydrogens is 338 g/mol. The first kappa shape index (κ1) is 17.2. The van der Waals surface area contributed by atoms with E-state index in [1.54, 1.807) is 49.3 Å². The van der Waals surface area contributed by atoms with Crippen molar-refractivity contribution in [1.29, 1.82) is 0 Å². The van der Waals surface area contributed by atoms with Crippen LogP contribution in [0.3, 0.4) is 0 Å². The monoisotopic (exact) mass is 357 g/mol. The van der Waals surface area contributed by atoms with Crippen molar-refractivity contribution in [2.24, 2.45) is 0 Å². The topological polar surface area (TPSA) is 89.8 Å². The summed E-state index contributed by atoms with van der Waals surface area (Å²) in [6, 6.07) is 7.31. The van der Waals surface area contributed by atoms with Crippen LogP contribution in [0.15, 0.2) is 47.8 Å². The molecule has 3 rings (SSSR count). The van der Waals surface area contributed by atoms with E-state index in [1.165, 1.54) is 0 Å². The van der Waals surface area contributed by atoms with E-state index in [0.717, 1.165) is 22.4 Å². The van der Waals surface area contributed by atoms with Crippen molar-refractivity contribution in [2.45, 2.75) is 32.2 Å². The second-order valence-corrected chi connectivity index (χ2v) is 7.62. The number of hydrogen-bond donors (Lipinski definition) is 1. The van der Waals surface area contributed by atoms with Gasteiger partial charge in [0, 0.05) is 12.4 Å². The van der Waals surface area contributed by atoms with Gasteiger partial charge in [-0.3, -0.25) is 4.98 Å². The minimum absolute atomic E-state index is 0.0696. The molecule has 130 valence electrons. The highest BCUT2D eigenvalue weighted by molar-refractivity contribution is 7.89. The Labute approximate surface area is 146 Å². The Bertz CT molecular complexity index is 974. The summed E-state index contributed by atoms with van der Waals surface area (Å²) in [6.45, 7) is 5.62. The zero-order chi connectivity index (χ0) is 18.0. The van der Waals surface area contributed by atoms with E-state index in [0.29, 0.717) is 10.6 Å².